The van der Waals surface area contributed by atoms with Gasteiger partial charge >= 0.3 is 0 Å². The molecule has 8 heteroatoms. The van der Waals surface area contributed by atoms with Crippen molar-refractivity contribution in [1.82, 2.24) is 15.5 Å². The van der Waals surface area contributed by atoms with Crippen LogP contribution >= 0.6 is 11.6 Å². The maximum Gasteiger partial charge on any atom is 0.251 e. The maximum absolute atomic E-state index is 13.2. The SMILES string of the molecule is CC1(C)C(NC(=O)c2ccc(N3CCN(C4CNC4)CC3)cc2)C(C)(C)C1Oc1ccc(C#N)c(Cl)c1. The van der Waals surface area contributed by atoms with Gasteiger partial charge in [0.2, 0.25) is 0 Å². The Morgan fingerprint density at radius 1 is 1.05 bits per heavy atom. The summed E-state index contributed by atoms with van der Waals surface area (Å²) in [4.78, 5) is 18.2. The molecule has 0 spiro atoms. The van der Waals surface area contributed by atoms with Gasteiger partial charge in [-0.25, -0.2) is 0 Å². The van der Waals surface area contributed by atoms with Crippen LogP contribution < -0.4 is 20.3 Å². The quantitative estimate of drug-likeness (QED) is 0.600. The molecule has 7 nitrogen and oxygen atoms in total. The Morgan fingerprint density at radius 2 is 1.70 bits per heavy atom. The van der Waals surface area contributed by atoms with Crippen LogP contribution in [0.15, 0.2) is 42.5 Å². The molecule has 5 rings (SSSR count). The molecule has 0 aromatic heterocycles. The van der Waals surface area contributed by atoms with Crippen molar-refractivity contribution in [3.05, 3.63) is 58.6 Å². The van der Waals surface area contributed by atoms with Crippen LogP contribution in [0.2, 0.25) is 5.02 Å². The van der Waals surface area contributed by atoms with Gasteiger partial charge in [-0.1, -0.05) is 39.3 Å². The van der Waals surface area contributed by atoms with Crippen LogP contribution in [0.4, 0.5) is 5.69 Å². The van der Waals surface area contributed by atoms with Crippen LogP contribution in [0.3, 0.4) is 0 Å². The van der Waals surface area contributed by atoms with Crippen LogP contribution in [0.25, 0.3) is 0 Å². The highest BCUT2D eigenvalue weighted by atomic mass is 35.5. The number of nitrogens with one attached hydrogen (secondary N) is 2. The fraction of sp³-hybridized carbons (Fsp3) is 0.517. The Kier molecular flexibility index (Phi) is 6.86. The first-order valence-corrected chi connectivity index (χ1v) is 13.5. The summed E-state index contributed by atoms with van der Waals surface area (Å²) in [5, 5.41) is 16.1. The van der Waals surface area contributed by atoms with Crippen LogP contribution in [-0.2, 0) is 0 Å². The van der Waals surface area contributed by atoms with E-state index in [9.17, 15) is 4.79 Å². The van der Waals surface area contributed by atoms with E-state index < -0.39 is 0 Å². The zero-order valence-electron chi connectivity index (χ0n) is 22.1. The Bertz CT molecular complexity index is 1180. The highest BCUT2D eigenvalue weighted by Crippen LogP contribution is 2.55. The highest BCUT2D eigenvalue weighted by molar-refractivity contribution is 6.31. The first-order chi connectivity index (χ1) is 17.6. The molecule has 1 aliphatic carbocycles. The summed E-state index contributed by atoms with van der Waals surface area (Å²) in [5.74, 6) is 0.556. The van der Waals surface area contributed by atoms with Crippen molar-refractivity contribution >= 4 is 23.2 Å². The number of nitrogens with zero attached hydrogens (tertiary/aromatic N) is 3. The standard InChI is InChI=1S/C29H36ClN5O2/c1-28(2)26(29(3,4)27(28)37-23-10-7-20(16-31)24(30)15-23)33-25(36)19-5-8-21(9-6-19)34-11-13-35(14-12-34)22-17-32-18-22/h5-10,15,22,26-27,32H,11-14,17-18H2,1-4H3,(H,33,36). The lowest BCUT2D eigenvalue weighted by atomic mass is 9.49. The third-order valence-electron chi connectivity index (χ3n) is 8.52. The van der Waals surface area contributed by atoms with Crippen molar-refractivity contribution in [2.75, 3.05) is 44.2 Å². The van der Waals surface area contributed by atoms with Crippen LogP contribution in [-0.4, -0.2) is 68.3 Å². The summed E-state index contributed by atoms with van der Waals surface area (Å²) in [5.41, 5.74) is 1.66. The Balaban J connectivity index is 1.19. The number of anilines is 1. The third-order valence-corrected chi connectivity index (χ3v) is 8.83. The van der Waals surface area contributed by atoms with Crippen LogP contribution in [0.5, 0.6) is 5.75 Å². The molecule has 1 saturated carbocycles. The van der Waals surface area contributed by atoms with Crippen molar-refractivity contribution in [1.29, 1.82) is 5.26 Å². The Morgan fingerprint density at radius 3 is 2.24 bits per heavy atom. The van der Waals surface area contributed by atoms with Gasteiger partial charge in [0.15, 0.2) is 0 Å². The number of hydrogen-bond donors (Lipinski definition) is 2. The molecule has 2 aromatic rings. The first-order valence-electron chi connectivity index (χ1n) is 13.1. The molecule has 2 aliphatic heterocycles. The van der Waals surface area contributed by atoms with Gasteiger partial charge in [0.25, 0.3) is 5.91 Å². The second-order valence-corrected chi connectivity index (χ2v) is 12.1. The number of rotatable bonds is 6. The largest absolute Gasteiger partial charge is 0.489 e. The predicted molar refractivity (Wildman–Crippen MR) is 146 cm³/mol. The number of benzene rings is 2. The lowest BCUT2D eigenvalue weighted by molar-refractivity contribution is -0.164. The lowest BCUT2D eigenvalue weighted by Gasteiger charge is -2.63. The zero-order chi connectivity index (χ0) is 26.4. The number of hydrogen-bond acceptors (Lipinski definition) is 6. The molecule has 0 atom stereocenters. The molecule has 2 saturated heterocycles. The van der Waals surface area contributed by atoms with Gasteiger partial charge in [-0.05, 0) is 36.4 Å². The molecule has 2 N–H and O–H groups in total. The van der Waals surface area contributed by atoms with Gasteiger partial charge in [-0.15, -0.1) is 0 Å². The molecule has 2 aromatic carbocycles. The van der Waals surface area contributed by atoms with Crippen molar-refractivity contribution in [3.8, 4) is 11.8 Å². The summed E-state index contributed by atoms with van der Waals surface area (Å²) in [7, 11) is 0. The van der Waals surface area contributed by atoms with E-state index in [1.54, 1.807) is 18.2 Å². The molecule has 0 radical (unpaired) electrons. The number of halogens is 1. The summed E-state index contributed by atoms with van der Waals surface area (Å²) in [6.45, 7) is 14.9. The number of nitriles is 1. The van der Waals surface area contributed by atoms with Gasteiger partial charge in [-0.2, -0.15) is 5.26 Å². The van der Waals surface area contributed by atoms with E-state index in [0.717, 1.165) is 39.3 Å². The zero-order valence-corrected chi connectivity index (χ0v) is 22.8. The van der Waals surface area contributed by atoms with E-state index in [1.165, 1.54) is 5.69 Å². The molecule has 3 fully saturated rings. The average molecular weight is 522 g/mol. The molecule has 37 heavy (non-hydrogen) atoms. The summed E-state index contributed by atoms with van der Waals surface area (Å²) >= 11 is 6.20. The maximum atomic E-state index is 13.2. The normalized spacial score (nSPS) is 24.9. The Labute approximate surface area is 224 Å². The minimum atomic E-state index is -0.297. The minimum Gasteiger partial charge on any atom is -0.489 e. The number of piperazine rings is 1. The van der Waals surface area contributed by atoms with E-state index in [2.05, 4.69) is 66.3 Å². The smallest absolute Gasteiger partial charge is 0.251 e. The van der Waals surface area contributed by atoms with E-state index in [1.807, 2.05) is 12.1 Å². The average Bonchev–Trinajstić information content (AvgIpc) is 2.85. The van der Waals surface area contributed by atoms with Gasteiger partial charge in [-0.3, -0.25) is 9.69 Å². The van der Waals surface area contributed by atoms with Crippen molar-refractivity contribution in [3.63, 3.8) is 0 Å². The van der Waals surface area contributed by atoms with Gasteiger partial charge < -0.3 is 20.3 Å². The minimum absolute atomic E-state index is 0.0693. The Hall–Kier alpha value is -2.79. The second kappa shape index (κ2) is 9.83. The van der Waals surface area contributed by atoms with Crippen molar-refractivity contribution in [2.24, 2.45) is 10.8 Å². The molecule has 196 valence electrons. The third kappa shape index (κ3) is 4.79. The number of amides is 1. The van der Waals surface area contributed by atoms with E-state index in [4.69, 9.17) is 21.6 Å². The lowest BCUT2D eigenvalue weighted by Crippen LogP contribution is -2.74. The molecule has 0 bridgehead atoms. The molecule has 2 heterocycles. The van der Waals surface area contributed by atoms with Crippen LogP contribution in [0.1, 0.15) is 43.6 Å². The molecule has 0 unspecified atom stereocenters. The fourth-order valence-electron chi connectivity index (χ4n) is 6.51. The van der Waals surface area contributed by atoms with E-state index in [-0.39, 0.29) is 28.9 Å². The summed E-state index contributed by atoms with van der Waals surface area (Å²) in [6, 6.07) is 15.8. The predicted octanol–water partition coefficient (Wildman–Crippen LogP) is 3.92. The first kappa shape index (κ1) is 25.8. The van der Waals surface area contributed by atoms with Gasteiger partial charge in [0, 0.05) is 79.5 Å². The highest BCUT2D eigenvalue weighted by Gasteiger charge is 2.64. The number of carbonyl (C=O) groups is 1. The summed E-state index contributed by atoms with van der Waals surface area (Å²) < 4.78 is 6.34. The van der Waals surface area contributed by atoms with Gasteiger partial charge in [0.05, 0.1) is 10.6 Å². The molecular weight excluding hydrogens is 486 g/mol. The molecule has 3 aliphatic rings. The topological polar surface area (TPSA) is 80.6 Å². The molecular formula is C29H36ClN5O2. The fourth-order valence-corrected chi connectivity index (χ4v) is 6.72. The van der Waals surface area contributed by atoms with Crippen molar-refractivity contribution < 1.29 is 9.53 Å². The summed E-state index contributed by atoms with van der Waals surface area (Å²) in [6.07, 6.45) is -0.133. The second-order valence-electron chi connectivity index (χ2n) is 11.7. The number of carbonyl (C=O) groups excluding carboxylic acids is 1. The van der Waals surface area contributed by atoms with E-state index >= 15 is 0 Å². The van der Waals surface area contributed by atoms with Crippen molar-refractivity contribution in [2.45, 2.75) is 45.9 Å². The van der Waals surface area contributed by atoms with Gasteiger partial charge in [0.1, 0.15) is 17.9 Å². The van der Waals surface area contributed by atoms with Crippen LogP contribution in [0, 0.1) is 22.2 Å². The van der Waals surface area contributed by atoms with E-state index in [0.29, 0.717) is 27.9 Å². The molecule has 1 amide bonds. The monoisotopic (exact) mass is 521 g/mol. The number of ether oxygens (including phenoxy) is 1.